The molecule has 6 nitrogen and oxygen atoms in total. The minimum absolute atomic E-state index is 0.0863. The average molecular weight is 596 g/mol. The highest BCUT2D eigenvalue weighted by Crippen LogP contribution is 2.65. The fraction of sp³-hybridized carbons (Fsp3) is 0.265. The summed E-state index contributed by atoms with van der Waals surface area (Å²) in [6, 6.07) is 22.2. The van der Waals surface area contributed by atoms with Crippen LogP contribution in [0.1, 0.15) is 77.4 Å². The summed E-state index contributed by atoms with van der Waals surface area (Å²) in [4.78, 5) is 45.0. The maximum absolute atomic E-state index is 15.1. The number of rotatable bonds is 5. The number of pyridine rings is 3. The van der Waals surface area contributed by atoms with Crippen molar-refractivity contribution in [3.05, 3.63) is 135 Å². The summed E-state index contributed by atoms with van der Waals surface area (Å²) in [5.41, 5.74) is 3.51. The Hall–Kier alpha value is -3.87. The summed E-state index contributed by atoms with van der Waals surface area (Å²) in [7, 11) is 0. The van der Waals surface area contributed by atoms with Crippen LogP contribution in [0, 0.1) is 0 Å². The van der Waals surface area contributed by atoms with Crippen LogP contribution in [0.2, 0.25) is 10.0 Å². The highest BCUT2D eigenvalue weighted by Gasteiger charge is 2.66. The van der Waals surface area contributed by atoms with E-state index in [4.69, 9.17) is 33.2 Å². The first-order valence-corrected chi connectivity index (χ1v) is 15.0. The molecule has 0 saturated carbocycles. The van der Waals surface area contributed by atoms with Crippen LogP contribution in [0.25, 0.3) is 0 Å². The van der Waals surface area contributed by atoms with Gasteiger partial charge in [0, 0.05) is 63.9 Å². The highest BCUT2D eigenvalue weighted by atomic mass is 35.5. The quantitative estimate of drug-likeness (QED) is 0.222. The molecule has 0 spiro atoms. The molecule has 0 N–H and O–H groups in total. The van der Waals surface area contributed by atoms with Crippen LogP contribution in [-0.4, -0.2) is 37.0 Å². The number of Topliss-reactive ketones (excluding diaryl/α,β-unsaturated/α-hetero) is 2. The molecule has 1 saturated heterocycles. The molecule has 1 fully saturated rings. The third-order valence-electron chi connectivity index (χ3n) is 9.08. The van der Waals surface area contributed by atoms with Gasteiger partial charge in [-0.3, -0.25) is 24.5 Å². The van der Waals surface area contributed by atoms with Crippen LogP contribution in [0.5, 0.6) is 0 Å². The SMILES string of the molecule is O=C1CCCC2=C1CC[C@]1(C(=O)c3ccccn3)[C@@H](c3ccccn3)[C@H](c3ccc(Cl)cc3Cl)[C@@H](c3ccccn3)N21. The Bertz CT molecular complexity index is 1700. The summed E-state index contributed by atoms with van der Waals surface area (Å²) in [6.45, 7) is 0. The van der Waals surface area contributed by atoms with Gasteiger partial charge < -0.3 is 4.90 Å². The summed E-state index contributed by atoms with van der Waals surface area (Å²) < 4.78 is 0. The Labute approximate surface area is 254 Å². The second-order valence-corrected chi connectivity index (χ2v) is 12.0. The van der Waals surface area contributed by atoms with Crippen LogP contribution in [0.15, 0.2) is 103 Å². The number of allylic oxidation sites excluding steroid dienone is 2. The van der Waals surface area contributed by atoms with Crippen molar-refractivity contribution in [2.45, 2.75) is 55.5 Å². The molecule has 7 rings (SSSR count). The van der Waals surface area contributed by atoms with E-state index >= 15 is 4.79 Å². The molecule has 3 aliphatic rings. The molecule has 0 amide bonds. The minimum Gasteiger partial charge on any atom is -0.351 e. The van der Waals surface area contributed by atoms with Crippen molar-refractivity contribution in [2.75, 3.05) is 0 Å². The monoisotopic (exact) mass is 594 g/mol. The summed E-state index contributed by atoms with van der Waals surface area (Å²) in [5, 5.41) is 1.05. The first-order valence-electron chi connectivity index (χ1n) is 14.3. The second kappa shape index (κ2) is 10.8. The van der Waals surface area contributed by atoms with Crippen molar-refractivity contribution in [1.29, 1.82) is 0 Å². The molecule has 4 atom stereocenters. The summed E-state index contributed by atoms with van der Waals surface area (Å²) in [6.07, 6.45) is 8.12. The lowest BCUT2D eigenvalue weighted by Gasteiger charge is -2.49. The van der Waals surface area contributed by atoms with Crippen molar-refractivity contribution in [2.24, 2.45) is 0 Å². The van der Waals surface area contributed by atoms with E-state index in [0.717, 1.165) is 34.6 Å². The zero-order chi connectivity index (χ0) is 28.8. The van der Waals surface area contributed by atoms with Crippen molar-refractivity contribution in [3.8, 4) is 0 Å². The average Bonchev–Trinajstić information content (AvgIpc) is 3.34. The van der Waals surface area contributed by atoms with E-state index in [1.54, 1.807) is 30.7 Å². The van der Waals surface area contributed by atoms with E-state index in [-0.39, 0.29) is 17.5 Å². The standard InChI is InChI=1S/C34H28Cl2N4O2/c35-21-13-14-22(24(36)20-21)30-31(25-8-1-4-17-37-25)34(33(42)27-10-3-6-19-39-27)16-15-23-28(11-7-12-29(23)41)40(34)32(30)26-9-2-5-18-38-26/h1-6,8-10,13-14,17-20,30-32H,7,11-12,15-16H2/t30-,31-,32+,34+/m0/s1. The number of hydrogen-bond donors (Lipinski definition) is 0. The normalized spacial score (nSPS) is 25.2. The molecular weight excluding hydrogens is 567 g/mol. The Kier molecular flexibility index (Phi) is 6.91. The van der Waals surface area contributed by atoms with Crippen LogP contribution in [0.3, 0.4) is 0 Å². The van der Waals surface area contributed by atoms with Gasteiger partial charge in [0.1, 0.15) is 11.2 Å². The van der Waals surface area contributed by atoms with Gasteiger partial charge in [-0.15, -0.1) is 0 Å². The van der Waals surface area contributed by atoms with Gasteiger partial charge in [0.15, 0.2) is 5.78 Å². The third kappa shape index (κ3) is 4.19. The molecular formula is C34H28Cl2N4O2. The number of benzene rings is 1. The van der Waals surface area contributed by atoms with Crippen molar-refractivity contribution < 1.29 is 9.59 Å². The fourth-order valence-corrected chi connectivity index (χ4v) is 8.06. The lowest BCUT2D eigenvalue weighted by Crippen LogP contribution is -2.56. The van der Waals surface area contributed by atoms with Crippen LogP contribution in [0.4, 0.5) is 0 Å². The number of fused-ring (bicyclic) bond motifs is 2. The van der Waals surface area contributed by atoms with E-state index in [9.17, 15) is 4.79 Å². The number of ketones is 2. The van der Waals surface area contributed by atoms with Crippen LogP contribution < -0.4 is 0 Å². The van der Waals surface area contributed by atoms with E-state index in [2.05, 4.69) is 9.88 Å². The van der Waals surface area contributed by atoms with Gasteiger partial charge in [-0.2, -0.15) is 0 Å². The molecule has 0 unspecified atom stereocenters. The first kappa shape index (κ1) is 27.0. The molecule has 8 heteroatoms. The highest BCUT2D eigenvalue weighted by molar-refractivity contribution is 6.35. The molecule has 0 radical (unpaired) electrons. The lowest BCUT2D eigenvalue weighted by molar-refractivity contribution is -0.116. The Morgan fingerprint density at radius 1 is 0.833 bits per heavy atom. The van der Waals surface area contributed by atoms with Gasteiger partial charge in [-0.05, 0) is 79.8 Å². The number of carbonyl (C=O) groups is 2. The molecule has 0 bridgehead atoms. The zero-order valence-electron chi connectivity index (χ0n) is 22.8. The number of hydrogen-bond acceptors (Lipinski definition) is 6. The second-order valence-electron chi connectivity index (χ2n) is 11.2. The van der Waals surface area contributed by atoms with E-state index < -0.39 is 17.5 Å². The van der Waals surface area contributed by atoms with E-state index in [1.807, 2.05) is 60.7 Å². The fourth-order valence-electron chi connectivity index (χ4n) is 7.53. The molecule has 5 heterocycles. The van der Waals surface area contributed by atoms with E-state index in [0.29, 0.717) is 41.4 Å². The molecule has 1 aliphatic carbocycles. The smallest absolute Gasteiger partial charge is 0.207 e. The van der Waals surface area contributed by atoms with Gasteiger partial charge in [0.2, 0.25) is 5.78 Å². The first-order chi connectivity index (χ1) is 20.5. The topological polar surface area (TPSA) is 76.0 Å². The van der Waals surface area contributed by atoms with Gasteiger partial charge in [0.25, 0.3) is 0 Å². The van der Waals surface area contributed by atoms with Gasteiger partial charge in [-0.1, -0.05) is 47.5 Å². The molecule has 42 heavy (non-hydrogen) atoms. The van der Waals surface area contributed by atoms with E-state index in [1.165, 1.54) is 0 Å². The molecule has 210 valence electrons. The predicted octanol–water partition coefficient (Wildman–Crippen LogP) is 7.53. The lowest BCUT2D eigenvalue weighted by atomic mass is 9.67. The van der Waals surface area contributed by atoms with Crippen molar-refractivity contribution in [3.63, 3.8) is 0 Å². The Balaban J connectivity index is 1.59. The summed E-state index contributed by atoms with van der Waals surface area (Å²) >= 11 is 13.4. The van der Waals surface area contributed by atoms with Gasteiger partial charge in [0.05, 0.1) is 11.7 Å². The minimum atomic E-state index is -1.09. The molecule has 2 aliphatic heterocycles. The number of carbonyl (C=O) groups excluding carboxylic acids is 2. The molecule has 4 aromatic rings. The van der Waals surface area contributed by atoms with Crippen molar-refractivity contribution >= 4 is 34.8 Å². The number of aromatic nitrogens is 3. The zero-order valence-corrected chi connectivity index (χ0v) is 24.3. The van der Waals surface area contributed by atoms with Gasteiger partial charge >= 0.3 is 0 Å². The molecule has 1 aromatic carbocycles. The Morgan fingerprint density at radius 2 is 1.55 bits per heavy atom. The number of halogens is 2. The maximum Gasteiger partial charge on any atom is 0.207 e. The maximum atomic E-state index is 15.1. The molecule has 3 aromatic heterocycles. The van der Waals surface area contributed by atoms with Crippen LogP contribution in [-0.2, 0) is 4.79 Å². The summed E-state index contributed by atoms with van der Waals surface area (Å²) in [5.74, 6) is -0.685. The van der Waals surface area contributed by atoms with Gasteiger partial charge in [-0.25, -0.2) is 0 Å². The third-order valence-corrected chi connectivity index (χ3v) is 9.64. The predicted molar refractivity (Wildman–Crippen MR) is 161 cm³/mol. The Morgan fingerprint density at radius 3 is 2.21 bits per heavy atom. The van der Waals surface area contributed by atoms with Crippen LogP contribution >= 0.6 is 23.2 Å². The largest absolute Gasteiger partial charge is 0.351 e. The van der Waals surface area contributed by atoms with Crippen molar-refractivity contribution in [1.82, 2.24) is 19.9 Å². The number of nitrogens with zero attached hydrogens (tertiary/aromatic N) is 4.